The number of hydrogen-bond donors (Lipinski definition) is 1. The first-order chi connectivity index (χ1) is 8.58. The molecule has 0 saturated heterocycles. The molecule has 1 aromatic carbocycles. The van der Waals surface area contributed by atoms with Crippen LogP contribution in [0.1, 0.15) is 24.3 Å². The average Bonchev–Trinajstić information content (AvgIpc) is 2.75. The predicted octanol–water partition coefficient (Wildman–Crippen LogP) is 3.43. The van der Waals surface area contributed by atoms with Gasteiger partial charge in [0.2, 0.25) is 0 Å². The Balaban J connectivity index is 1.97. The van der Waals surface area contributed by atoms with Crippen LogP contribution in [0.2, 0.25) is 0 Å². The Morgan fingerprint density at radius 3 is 2.67 bits per heavy atom. The molecule has 94 valence electrons. The van der Waals surface area contributed by atoms with Crippen LogP contribution < -0.4 is 5.73 Å². The molecule has 1 heterocycles. The van der Waals surface area contributed by atoms with Gasteiger partial charge in [-0.05, 0) is 31.4 Å². The van der Waals surface area contributed by atoms with Crippen molar-refractivity contribution < 1.29 is 8.78 Å². The Morgan fingerprint density at radius 1 is 1.28 bits per heavy atom. The first kappa shape index (κ1) is 11.7. The molecule has 2 N–H and O–H groups in total. The lowest BCUT2D eigenvalue weighted by Gasteiger charge is -2.35. The van der Waals surface area contributed by atoms with E-state index in [0.29, 0.717) is 11.3 Å². The minimum atomic E-state index is -0.591. The van der Waals surface area contributed by atoms with Gasteiger partial charge in [0.15, 0.2) is 0 Å². The zero-order valence-electron chi connectivity index (χ0n) is 9.62. The molecular formula is C13H12F2N2S. The largest absolute Gasteiger partial charge is 0.319 e. The number of halogens is 2. The van der Waals surface area contributed by atoms with Crippen molar-refractivity contribution in [1.82, 2.24) is 4.98 Å². The molecule has 1 fully saturated rings. The van der Waals surface area contributed by atoms with Gasteiger partial charge in [-0.15, -0.1) is 11.3 Å². The van der Waals surface area contributed by atoms with Crippen molar-refractivity contribution in [2.75, 3.05) is 0 Å². The highest BCUT2D eigenvalue weighted by molar-refractivity contribution is 7.10. The zero-order chi connectivity index (χ0) is 12.8. The van der Waals surface area contributed by atoms with Crippen LogP contribution in [0.15, 0.2) is 23.6 Å². The van der Waals surface area contributed by atoms with Crippen molar-refractivity contribution >= 4 is 11.3 Å². The number of benzene rings is 1. The Labute approximate surface area is 107 Å². The molecule has 1 aliphatic carbocycles. The number of rotatable bonds is 2. The van der Waals surface area contributed by atoms with Crippen LogP contribution in [0.5, 0.6) is 0 Å². The normalized spacial score (nSPS) is 17.5. The van der Waals surface area contributed by atoms with Crippen LogP contribution >= 0.6 is 11.3 Å². The van der Waals surface area contributed by atoms with E-state index in [0.717, 1.165) is 30.3 Å². The minimum Gasteiger partial charge on any atom is -0.319 e. The first-order valence-electron chi connectivity index (χ1n) is 5.79. The lowest BCUT2D eigenvalue weighted by atomic mass is 9.78. The molecule has 0 aliphatic heterocycles. The molecule has 1 saturated carbocycles. The fraction of sp³-hybridized carbons (Fsp3) is 0.308. The molecule has 1 aromatic heterocycles. The summed E-state index contributed by atoms with van der Waals surface area (Å²) in [5.41, 5.74) is 6.69. The summed E-state index contributed by atoms with van der Waals surface area (Å²) in [6.45, 7) is 0. The quantitative estimate of drug-likeness (QED) is 0.904. The van der Waals surface area contributed by atoms with E-state index in [4.69, 9.17) is 5.73 Å². The summed E-state index contributed by atoms with van der Waals surface area (Å²) in [5, 5.41) is 2.62. The molecule has 0 atom stereocenters. The van der Waals surface area contributed by atoms with Gasteiger partial charge in [0, 0.05) is 17.0 Å². The third-order valence-electron chi connectivity index (χ3n) is 3.38. The second-order valence-electron chi connectivity index (χ2n) is 4.67. The number of nitrogens with two attached hydrogens (primary N) is 1. The van der Waals surface area contributed by atoms with Crippen molar-refractivity contribution in [3.05, 3.63) is 40.2 Å². The molecule has 3 rings (SSSR count). The smallest absolute Gasteiger partial charge is 0.135 e. The molecule has 2 nitrogen and oxygen atoms in total. The predicted molar refractivity (Wildman–Crippen MR) is 67.2 cm³/mol. The molecule has 1 aliphatic rings. The molecule has 0 radical (unpaired) electrons. The lowest BCUT2D eigenvalue weighted by molar-refractivity contribution is 0.253. The number of aromatic nitrogens is 1. The fourth-order valence-electron chi connectivity index (χ4n) is 2.09. The molecule has 5 heteroatoms. The maximum absolute atomic E-state index is 13.6. The monoisotopic (exact) mass is 266 g/mol. The Kier molecular flexibility index (Phi) is 2.68. The third kappa shape index (κ3) is 1.83. The standard InChI is InChI=1S/C13H12F2N2S/c14-8-2-3-9(10(15)6-8)11-7-18-12(17-11)13(16)4-1-5-13/h2-3,6-7H,1,4-5,16H2. The second-order valence-corrected chi connectivity index (χ2v) is 5.53. The Bertz CT molecular complexity index is 590. The number of nitrogens with zero attached hydrogens (tertiary/aromatic N) is 1. The van der Waals surface area contributed by atoms with E-state index in [1.54, 1.807) is 5.38 Å². The fourth-order valence-corrected chi connectivity index (χ4v) is 3.09. The van der Waals surface area contributed by atoms with E-state index in [1.165, 1.54) is 23.5 Å². The first-order valence-corrected chi connectivity index (χ1v) is 6.67. The maximum atomic E-state index is 13.6. The summed E-state index contributed by atoms with van der Waals surface area (Å²) in [4.78, 5) is 4.40. The van der Waals surface area contributed by atoms with Crippen LogP contribution in [0.4, 0.5) is 8.78 Å². The van der Waals surface area contributed by atoms with Crippen molar-refractivity contribution in [1.29, 1.82) is 0 Å². The van der Waals surface area contributed by atoms with Gasteiger partial charge in [0.05, 0.1) is 11.2 Å². The van der Waals surface area contributed by atoms with Crippen LogP contribution in [0.25, 0.3) is 11.3 Å². The highest BCUT2D eigenvalue weighted by atomic mass is 32.1. The van der Waals surface area contributed by atoms with E-state index in [2.05, 4.69) is 4.98 Å². The topological polar surface area (TPSA) is 38.9 Å². The second kappa shape index (κ2) is 4.10. The van der Waals surface area contributed by atoms with E-state index in [1.807, 2.05) is 0 Å². The summed E-state index contributed by atoms with van der Waals surface area (Å²) < 4.78 is 26.5. The summed E-state index contributed by atoms with van der Waals surface area (Å²) in [7, 11) is 0. The SMILES string of the molecule is NC1(c2nc(-c3ccc(F)cc3F)cs2)CCC1. The van der Waals surface area contributed by atoms with Gasteiger partial charge in [-0.3, -0.25) is 0 Å². The highest BCUT2D eigenvalue weighted by Crippen LogP contribution is 2.41. The van der Waals surface area contributed by atoms with Gasteiger partial charge in [0.25, 0.3) is 0 Å². The van der Waals surface area contributed by atoms with E-state index in [9.17, 15) is 8.78 Å². The molecule has 0 amide bonds. The lowest BCUT2D eigenvalue weighted by Crippen LogP contribution is -2.43. The Morgan fingerprint density at radius 2 is 2.06 bits per heavy atom. The van der Waals surface area contributed by atoms with E-state index < -0.39 is 11.6 Å². The number of hydrogen-bond acceptors (Lipinski definition) is 3. The molecule has 0 spiro atoms. The van der Waals surface area contributed by atoms with Gasteiger partial charge < -0.3 is 5.73 Å². The summed E-state index contributed by atoms with van der Waals surface area (Å²) >= 11 is 1.44. The number of thiazole rings is 1. The summed E-state index contributed by atoms with van der Waals surface area (Å²) in [5.74, 6) is -1.17. The summed E-state index contributed by atoms with van der Waals surface area (Å²) in [6, 6.07) is 3.52. The van der Waals surface area contributed by atoms with Gasteiger partial charge in [-0.25, -0.2) is 13.8 Å². The van der Waals surface area contributed by atoms with Crippen LogP contribution in [0, 0.1) is 11.6 Å². The molecular weight excluding hydrogens is 254 g/mol. The van der Waals surface area contributed by atoms with Gasteiger partial charge in [-0.2, -0.15) is 0 Å². The minimum absolute atomic E-state index is 0.321. The van der Waals surface area contributed by atoms with Crippen LogP contribution in [-0.4, -0.2) is 4.98 Å². The van der Waals surface area contributed by atoms with Crippen molar-refractivity contribution in [2.45, 2.75) is 24.8 Å². The van der Waals surface area contributed by atoms with E-state index >= 15 is 0 Å². The average molecular weight is 266 g/mol. The molecule has 0 bridgehead atoms. The molecule has 2 aromatic rings. The van der Waals surface area contributed by atoms with Crippen molar-refractivity contribution in [3.63, 3.8) is 0 Å². The summed E-state index contributed by atoms with van der Waals surface area (Å²) in [6.07, 6.45) is 2.95. The molecule has 0 unspecified atom stereocenters. The Hall–Kier alpha value is -1.33. The molecule has 18 heavy (non-hydrogen) atoms. The van der Waals surface area contributed by atoms with Crippen LogP contribution in [-0.2, 0) is 5.54 Å². The van der Waals surface area contributed by atoms with Crippen LogP contribution in [0.3, 0.4) is 0 Å². The zero-order valence-corrected chi connectivity index (χ0v) is 10.4. The van der Waals surface area contributed by atoms with Gasteiger partial charge in [0.1, 0.15) is 16.6 Å². The highest BCUT2D eigenvalue weighted by Gasteiger charge is 2.37. The van der Waals surface area contributed by atoms with Gasteiger partial charge >= 0.3 is 0 Å². The van der Waals surface area contributed by atoms with E-state index in [-0.39, 0.29) is 5.54 Å². The maximum Gasteiger partial charge on any atom is 0.135 e. The van der Waals surface area contributed by atoms with Crippen molar-refractivity contribution in [3.8, 4) is 11.3 Å². The van der Waals surface area contributed by atoms with Crippen molar-refractivity contribution in [2.24, 2.45) is 5.73 Å². The van der Waals surface area contributed by atoms with Gasteiger partial charge in [-0.1, -0.05) is 0 Å². The third-order valence-corrected chi connectivity index (χ3v) is 4.45.